The average molecular weight is 281 g/mol. The topological polar surface area (TPSA) is 21.3 Å². The molecule has 1 atom stereocenters. The molecular formula is C17H28FNO. The standard InChI is InChI=1S/C17H28FNO/c1-3-5-6-7-13-20-17(14-19-12-4-2)15-8-10-16(18)11-9-15/h8-11,17,19H,3-7,12-14H2,1-2H3. The summed E-state index contributed by atoms with van der Waals surface area (Å²) < 4.78 is 19.0. The van der Waals surface area contributed by atoms with Crippen LogP contribution in [0.15, 0.2) is 24.3 Å². The van der Waals surface area contributed by atoms with Gasteiger partial charge in [0, 0.05) is 13.2 Å². The Balaban J connectivity index is 2.44. The molecule has 0 fully saturated rings. The third kappa shape index (κ3) is 7.01. The van der Waals surface area contributed by atoms with Crippen molar-refractivity contribution in [1.29, 1.82) is 0 Å². The first-order chi connectivity index (χ1) is 9.77. The summed E-state index contributed by atoms with van der Waals surface area (Å²) in [5.74, 6) is -0.197. The lowest BCUT2D eigenvalue weighted by atomic mass is 10.1. The van der Waals surface area contributed by atoms with E-state index in [-0.39, 0.29) is 11.9 Å². The SMILES string of the molecule is CCCCCCOC(CNCCC)c1ccc(F)cc1. The maximum atomic E-state index is 13.0. The van der Waals surface area contributed by atoms with Gasteiger partial charge in [-0.15, -0.1) is 0 Å². The summed E-state index contributed by atoms with van der Waals surface area (Å²) in [6, 6.07) is 6.64. The highest BCUT2D eigenvalue weighted by Gasteiger charge is 2.11. The fourth-order valence-corrected chi connectivity index (χ4v) is 2.11. The van der Waals surface area contributed by atoms with Crippen LogP contribution in [0, 0.1) is 5.82 Å². The van der Waals surface area contributed by atoms with E-state index in [9.17, 15) is 4.39 Å². The van der Waals surface area contributed by atoms with Gasteiger partial charge < -0.3 is 10.1 Å². The molecule has 2 nitrogen and oxygen atoms in total. The summed E-state index contributed by atoms with van der Waals surface area (Å²) in [5.41, 5.74) is 1.05. The molecule has 0 bridgehead atoms. The molecule has 3 heteroatoms. The molecule has 0 radical (unpaired) electrons. The number of hydrogen-bond donors (Lipinski definition) is 1. The molecule has 0 amide bonds. The van der Waals surface area contributed by atoms with Gasteiger partial charge in [-0.05, 0) is 37.1 Å². The molecule has 1 unspecified atom stereocenters. The zero-order chi connectivity index (χ0) is 14.6. The Labute approximate surface area is 122 Å². The van der Waals surface area contributed by atoms with Crippen LogP contribution in [0.25, 0.3) is 0 Å². The zero-order valence-electron chi connectivity index (χ0n) is 12.8. The number of nitrogens with one attached hydrogen (secondary N) is 1. The molecule has 0 heterocycles. The van der Waals surface area contributed by atoms with Crippen molar-refractivity contribution in [2.24, 2.45) is 0 Å². The average Bonchev–Trinajstić information content (AvgIpc) is 2.46. The van der Waals surface area contributed by atoms with Gasteiger partial charge in [0.2, 0.25) is 0 Å². The lowest BCUT2D eigenvalue weighted by Crippen LogP contribution is -2.24. The van der Waals surface area contributed by atoms with E-state index in [2.05, 4.69) is 19.2 Å². The highest BCUT2D eigenvalue weighted by atomic mass is 19.1. The Kier molecular flexibility index (Phi) is 9.25. The quantitative estimate of drug-likeness (QED) is 0.604. The van der Waals surface area contributed by atoms with Crippen LogP contribution in [0.3, 0.4) is 0 Å². The molecule has 0 saturated carbocycles. The van der Waals surface area contributed by atoms with Crippen LogP contribution in [0.5, 0.6) is 0 Å². The molecule has 1 aromatic carbocycles. The van der Waals surface area contributed by atoms with Gasteiger partial charge in [-0.3, -0.25) is 0 Å². The molecule has 0 saturated heterocycles. The minimum Gasteiger partial charge on any atom is -0.372 e. The van der Waals surface area contributed by atoms with Crippen molar-refractivity contribution in [3.8, 4) is 0 Å². The first-order valence-electron chi connectivity index (χ1n) is 7.85. The van der Waals surface area contributed by atoms with E-state index in [1.54, 1.807) is 0 Å². The van der Waals surface area contributed by atoms with Crippen LogP contribution in [-0.2, 0) is 4.74 Å². The predicted octanol–water partition coefficient (Wildman–Crippen LogP) is 4.46. The molecular weight excluding hydrogens is 253 g/mol. The summed E-state index contributed by atoms with van der Waals surface area (Å²) in [4.78, 5) is 0. The molecule has 0 aliphatic rings. The van der Waals surface area contributed by atoms with Gasteiger partial charge >= 0.3 is 0 Å². The minimum atomic E-state index is -0.197. The molecule has 0 aromatic heterocycles. The first kappa shape index (κ1) is 17.1. The Morgan fingerprint density at radius 2 is 1.80 bits per heavy atom. The predicted molar refractivity (Wildman–Crippen MR) is 82.4 cm³/mol. The van der Waals surface area contributed by atoms with E-state index < -0.39 is 0 Å². The van der Waals surface area contributed by atoms with Crippen LogP contribution in [-0.4, -0.2) is 19.7 Å². The van der Waals surface area contributed by atoms with Crippen LogP contribution in [0.2, 0.25) is 0 Å². The third-order valence-corrected chi connectivity index (χ3v) is 3.32. The number of halogens is 1. The number of benzene rings is 1. The molecule has 1 N–H and O–H groups in total. The summed E-state index contributed by atoms with van der Waals surface area (Å²) in [5, 5.41) is 3.38. The first-order valence-corrected chi connectivity index (χ1v) is 7.85. The second kappa shape index (κ2) is 10.8. The van der Waals surface area contributed by atoms with Crippen molar-refractivity contribution in [1.82, 2.24) is 5.32 Å². The lowest BCUT2D eigenvalue weighted by molar-refractivity contribution is 0.0499. The van der Waals surface area contributed by atoms with Crippen molar-refractivity contribution >= 4 is 0 Å². The Hall–Kier alpha value is -0.930. The fraction of sp³-hybridized carbons (Fsp3) is 0.647. The number of rotatable bonds is 11. The lowest BCUT2D eigenvalue weighted by Gasteiger charge is -2.19. The number of unbranched alkanes of at least 4 members (excludes halogenated alkanes) is 3. The zero-order valence-corrected chi connectivity index (χ0v) is 12.8. The molecule has 0 aliphatic carbocycles. The molecule has 0 spiro atoms. The Bertz CT molecular complexity index is 339. The summed E-state index contributed by atoms with van der Waals surface area (Å²) in [6.07, 6.45) is 5.93. The smallest absolute Gasteiger partial charge is 0.123 e. The highest BCUT2D eigenvalue weighted by molar-refractivity contribution is 5.19. The van der Waals surface area contributed by atoms with E-state index in [0.717, 1.165) is 38.1 Å². The normalized spacial score (nSPS) is 12.6. The van der Waals surface area contributed by atoms with E-state index >= 15 is 0 Å². The van der Waals surface area contributed by atoms with Gasteiger partial charge in [-0.2, -0.15) is 0 Å². The van der Waals surface area contributed by atoms with Gasteiger partial charge in [-0.25, -0.2) is 4.39 Å². The second-order valence-electron chi connectivity index (χ2n) is 5.18. The van der Waals surface area contributed by atoms with Crippen molar-refractivity contribution in [3.63, 3.8) is 0 Å². The van der Waals surface area contributed by atoms with Crippen LogP contribution in [0.4, 0.5) is 4.39 Å². The fourth-order valence-electron chi connectivity index (χ4n) is 2.11. The number of hydrogen-bond acceptors (Lipinski definition) is 2. The van der Waals surface area contributed by atoms with Gasteiger partial charge in [0.15, 0.2) is 0 Å². The molecule has 1 aromatic rings. The Morgan fingerprint density at radius 1 is 1.05 bits per heavy atom. The van der Waals surface area contributed by atoms with E-state index in [0.29, 0.717) is 0 Å². The summed E-state index contributed by atoms with van der Waals surface area (Å²) in [7, 11) is 0. The third-order valence-electron chi connectivity index (χ3n) is 3.32. The van der Waals surface area contributed by atoms with Crippen molar-refractivity contribution in [2.45, 2.75) is 52.1 Å². The van der Waals surface area contributed by atoms with E-state index in [1.807, 2.05) is 12.1 Å². The monoisotopic (exact) mass is 281 g/mol. The highest BCUT2D eigenvalue weighted by Crippen LogP contribution is 2.18. The molecule has 0 aliphatic heterocycles. The summed E-state index contributed by atoms with van der Waals surface area (Å²) >= 11 is 0. The van der Waals surface area contributed by atoms with Crippen molar-refractivity contribution < 1.29 is 9.13 Å². The van der Waals surface area contributed by atoms with Crippen molar-refractivity contribution in [3.05, 3.63) is 35.6 Å². The maximum Gasteiger partial charge on any atom is 0.123 e. The molecule has 1 rings (SSSR count). The Morgan fingerprint density at radius 3 is 2.45 bits per heavy atom. The van der Waals surface area contributed by atoms with Gasteiger partial charge in [0.05, 0.1) is 6.10 Å². The largest absolute Gasteiger partial charge is 0.372 e. The molecule has 114 valence electrons. The number of ether oxygens (including phenoxy) is 1. The second-order valence-corrected chi connectivity index (χ2v) is 5.18. The van der Waals surface area contributed by atoms with Crippen molar-refractivity contribution in [2.75, 3.05) is 19.7 Å². The van der Waals surface area contributed by atoms with Crippen LogP contribution in [0.1, 0.15) is 57.6 Å². The van der Waals surface area contributed by atoms with E-state index in [4.69, 9.17) is 4.74 Å². The van der Waals surface area contributed by atoms with Crippen LogP contribution < -0.4 is 5.32 Å². The van der Waals surface area contributed by atoms with Gasteiger partial charge in [0.25, 0.3) is 0 Å². The molecule has 20 heavy (non-hydrogen) atoms. The van der Waals surface area contributed by atoms with Gasteiger partial charge in [-0.1, -0.05) is 45.2 Å². The van der Waals surface area contributed by atoms with E-state index in [1.165, 1.54) is 31.4 Å². The minimum absolute atomic E-state index is 0.0174. The van der Waals surface area contributed by atoms with Gasteiger partial charge in [0.1, 0.15) is 5.82 Å². The van der Waals surface area contributed by atoms with Crippen LogP contribution >= 0.6 is 0 Å². The summed E-state index contributed by atoms with van der Waals surface area (Å²) in [6.45, 7) is 6.89. The maximum absolute atomic E-state index is 13.0.